The van der Waals surface area contributed by atoms with E-state index in [1.54, 1.807) is 19.2 Å². The predicted molar refractivity (Wildman–Crippen MR) is 115 cm³/mol. The average molecular weight is 421 g/mol. The largest absolute Gasteiger partial charge is 0.496 e. The molecule has 1 saturated heterocycles. The molecule has 2 aromatic rings. The Morgan fingerprint density at radius 3 is 2.72 bits per heavy atom. The van der Waals surface area contributed by atoms with Gasteiger partial charge >= 0.3 is 0 Å². The van der Waals surface area contributed by atoms with Crippen molar-refractivity contribution < 1.29 is 14.3 Å². The molecular weight excluding hydrogens is 392 g/mol. The van der Waals surface area contributed by atoms with Gasteiger partial charge in [0.05, 0.1) is 35.5 Å². The van der Waals surface area contributed by atoms with E-state index in [1.807, 2.05) is 12.1 Å². The zero-order chi connectivity index (χ0) is 20.8. The number of likely N-dealkylation sites (tertiary alicyclic amines) is 1. The number of aromatic nitrogens is 1. The third-order valence-corrected chi connectivity index (χ3v) is 5.71. The first-order valence-corrected chi connectivity index (χ1v) is 10.2. The smallest absolute Gasteiger partial charge is 0.255 e. The van der Waals surface area contributed by atoms with E-state index >= 15 is 0 Å². The number of nitrogen functional groups attached to an aromatic ring is 1. The van der Waals surface area contributed by atoms with Gasteiger partial charge in [0.1, 0.15) is 5.75 Å². The third-order valence-electron chi connectivity index (χ3n) is 5.38. The quantitative estimate of drug-likeness (QED) is 0.641. The van der Waals surface area contributed by atoms with Crippen molar-refractivity contribution in [2.45, 2.75) is 31.5 Å². The van der Waals surface area contributed by atoms with Gasteiger partial charge in [-0.15, -0.1) is 0 Å². The van der Waals surface area contributed by atoms with Crippen LogP contribution in [0.3, 0.4) is 0 Å². The van der Waals surface area contributed by atoms with Gasteiger partial charge in [0.2, 0.25) is 0 Å². The highest BCUT2D eigenvalue weighted by molar-refractivity contribution is 6.33. The van der Waals surface area contributed by atoms with E-state index < -0.39 is 0 Å². The molecule has 1 fully saturated rings. The van der Waals surface area contributed by atoms with Crippen LogP contribution in [0.5, 0.6) is 5.75 Å². The Balaban J connectivity index is 1.56. The molecule has 1 aromatic heterocycles. The van der Waals surface area contributed by atoms with E-state index in [1.165, 1.54) is 7.11 Å². The third kappa shape index (κ3) is 5.44. The summed E-state index contributed by atoms with van der Waals surface area (Å²) in [6.45, 7) is 3.70. The minimum Gasteiger partial charge on any atom is -0.496 e. The molecule has 1 aliphatic heterocycles. The number of nitrogens with zero attached hydrogens (tertiary/aromatic N) is 2. The van der Waals surface area contributed by atoms with E-state index in [0.717, 1.165) is 39.0 Å². The number of methoxy groups -OCH3 is 2. The Hall–Kier alpha value is -2.22. The number of hydrogen-bond donors (Lipinski definition) is 2. The number of benzene rings is 1. The van der Waals surface area contributed by atoms with Crippen molar-refractivity contribution in [3.63, 3.8) is 0 Å². The molecule has 1 aromatic carbocycles. The van der Waals surface area contributed by atoms with Crippen LogP contribution in [0.4, 0.5) is 5.69 Å². The van der Waals surface area contributed by atoms with Crippen LogP contribution in [-0.4, -0.2) is 61.4 Å². The van der Waals surface area contributed by atoms with Crippen LogP contribution in [-0.2, 0) is 11.3 Å². The van der Waals surface area contributed by atoms with Crippen molar-refractivity contribution in [3.05, 3.63) is 47.2 Å². The van der Waals surface area contributed by atoms with Crippen molar-refractivity contribution in [3.8, 4) is 5.75 Å². The van der Waals surface area contributed by atoms with Crippen LogP contribution in [0.1, 0.15) is 23.2 Å². The first-order chi connectivity index (χ1) is 14.0. The van der Waals surface area contributed by atoms with Crippen LogP contribution in [0, 0.1) is 0 Å². The van der Waals surface area contributed by atoms with E-state index in [-0.39, 0.29) is 18.1 Å². The van der Waals surface area contributed by atoms with Gasteiger partial charge in [0.25, 0.3) is 5.91 Å². The lowest BCUT2D eigenvalue weighted by Gasteiger charge is -2.38. The Kier molecular flexibility index (Phi) is 7.41. The number of halogens is 1. The van der Waals surface area contributed by atoms with Crippen molar-refractivity contribution in [1.29, 1.82) is 0 Å². The van der Waals surface area contributed by atoms with Gasteiger partial charge < -0.3 is 30.0 Å². The van der Waals surface area contributed by atoms with Crippen LogP contribution in [0.25, 0.3) is 0 Å². The standard InChI is InChI=1S/C21H29ClN4O3/c1-28-19-13-17(23)16(22)12-15(19)21(27)24-18-6-11-26(14-20(18)29-2)10-5-9-25-7-3-4-8-25/h3-4,7-8,12-13,18,20H,5-6,9-11,14,23H2,1-2H3,(H,24,27). The van der Waals surface area contributed by atoms with E-state index in [0.29, 0.717) is 22.0 Å². The topological polar surface area (TPSA) is 81.7 Å². The number of rotatable bonds is 8. The SMILES string of the molecule is COc1cc(N)c(Cl)cc1C(=O)NC1CCN(CCCn2cccc2)CC1OC. The number of aryl methyl sites for hydroxylation is 1. The summed E-state index contributed by atoms with van der Waals surface area (Å²) in [5.74, 6) is 0.165. The summed E-state index contributed by atoms with van der Waals surface area (Å²) in [6.07, 6.45) is 5.98. The lowest BCUT2D eigenvalue weighted by atomic mass is 10.0. The molecule has 2 heterocycles. The number of anilines is 1. The summed E-state index contributed by atoms with van der Waals surface area (Å²) in [6, 6.07) is 7.12. The number of nitrogens with two attached hydrogens (primary N) is 1. The van der Waals surface area contributed by atoms with Gasteiger partial charge in [0, 0.05) is 45.2 Å². The maximum Gasteiger partial charge on any atom is 0.255 e. The number of carbonyl (C=O) groups excluding carboxylic acids is 1. The van der Waals surface area contributed by atoms with Gasteiger partial charge in [-0.1, -0.05) is 11.6 Å². The fraction of sp³-hybridized carbons (Fsp3) is 0.476. The molecule has 0 spiro atoms. The normalized spacial score (nSPS) is 19.8. The molecule has 2 atom stereocenters. The number of piperidine rings is 1. The lowest BCUT2D eigenvalue weighted by molar-refractivity contribution is 0.00585. The molecular formula is C21H29ClN4O3. The fourth-order valence-corrected chi connectivity index (χ4v) is 3.91. The van der Waals surface area contributed by atoms with Crippen molar-refractivity contribution in [1.82, 2.24) is 14.8 Å². The Morgan fingerprint density at radius 1 is 1.28 bits per heavy atom. The minimum absolute atomic E-state index is 0.0745. The Bertz CT molecular complexity index is 813. The van der Waals surface area contributed by atoms with Crippen LogP contribution in [0.15, 0.2) is 36.7 Å². The zero-order valence-electron chi connectivity index (χ0n) is 16.9. The summed E-state index contributed by atoms with van der Waals surface area (Å²) in [5.41, 5.74) is 6.56. The van der Waals surface area contributed by atoms with Gasteiger partial charge in [-0.05, 0) is 37.6 Å². The number of nitrogens with one attached hydrogen (secondary N) is 1. The van der Waals surface area contributed by atoms with Crippen LogP contribution >= 0.6 is 11.6 Å². The van der Waals surface area contributed by atoms with Gasteiger partial charge in [0.15, 0.2) is 0 Å². The highest BCUT2D eigenvalue weighted by Gasteiger charge is 2.31. The first-order valence-electron chi connectivity index (χ1n) is 9.81. The molecule has 0 saturated carbocycles. The molecule has 1 amide bonds. The first kappa shape index (κ1) is 21.5. The summed E-state index contributed by atoms with van der Waals surface area (Å²) in [4.78, 5) is 15.2. The number of hydrogen-bond acceptors (Lipinski definition) is 5. The second kappa shape index (κ2) is 10.0. The molecule has 2 unspecified atom stereocenters. The Morgan fingerprint density at radius 2 is 2.03 bits per heavy atom. The summed E-state index contributed by atoms with van der Waals surface area (Å²) in [7, 11) is 3.19. The molecule has 3 rings (SSSR count). The summed E-state index contributed by atoms with van der Waals surface area (Å²) in [5, 5.41) is 3.41. The molecule has 0 radical (unpaired) electrons. The second-order valence-electron chi connectivity index (χ2n) is 7.29. The number of amides is 1. The van der Waals surface area contributed by atoms with Crippen LogP contribution < -0.4 is 15.8 Å². The maximum absolute atomic E-state index is 12.8. The molecule has 1 aliphatic rings. The van der Waals surface area contributed by atoms with Gasteiger partial charge in [-0.25, -0.2) is 0 Å². The van der Waals surface area contributed by atoms with Gasteiger partial charge in [-0.2, -0.15) is 0 Å². The van der Waals surface area contributed by atoms with Gasteiger partial charge in [-0.3, -0.25) is 4.79 Å². The second-order valence-corrected chi connectivity index (χ2v) is 7.70. The molecule has 0 bridgehead atoms. The number of carbonyl (C=O) groups is 1. The van der Waals surface area contributed by atoms with Crippen LogP contribution in [0.2, 0.25) is 5.02 Å². The monoisotopic (exact) mass is 420 g/mol. The maximum atomic E-state index is 12.8. The van der Waals surface area contributed by atoms with Crippen molar-refractivity contribution >= 4 is 23.2 Å². The molecule has 3 N–H and O–H groups in total. The Labute approximate surface area is 176 Å². The predicted octanol–water partition coefficient (Wildman–Crippen LogP) is 2.64. The lowest BCUT2D eigenvalue weighted by Crippen LogP contribution is -2.55. The molecule has 158 valence electrons. The fourth-order valence-electron chi connectivity index (χ4n) is 3.75. The summed E-state index contributed by atoms with van der Waals surface area (Å²) < 4.78 is 13.2. The highest BCUT2D eigenvalue weighted by Crippen LogP contribution is 2.29. The molecule has 0 aliphatic carbocycles. The minimum atomic E-state index is -0.239. The number of ether oxygens (including phenoxy) is 2. The zero-order valence-corrected chi connectivity index (χ0v) is 17.7. The highest BCUT2D eigenvalue weighted by atomic mass is 35.5. The average Bonchev–Trinajstić information content (AvgIpc) is 3.24. The molecule has 29 heavy (non-hydrogen) atoms. The molecule has 7 nitrogen and oxygen atoms in total. The van der Waals surface area contributed by atoms with E-state index in [9.17, 15) is 4.79 Å². The summed E-state index contributed by atoms with van der Waals surface area (Å²) >= 11 is 6.10. The van der Waals surface area contributed by atoms with Crippen molar-refractivity contribution in [2.24, 2.45) is 0 Å². The van der Waals surface area contributed by atoms with Crippen molar-refractivity contribution in [2.75, 3.05) is 39.6 Å². The van der Waals surface area contributed by atoms with E-state index in [2.05, 4.69) is 27.2 Å². The molecule has 8 heteroatoms. The van der Waals surface area contributed by atoms with E-state index in [4.69, 9.17) is 26.8 Å².